The van der Waals surface area contributed by atoms with Crippen LogP contribution >= 0.6 is 0 Å². The molecule has 0 aromatic heterocycles. The molecule has 0 amide bonds. The Morgan fingerprint density at radius 1 is 1.09 bits per heavy atom. The summed E-state index contributed by atoms with van der Waals surface area (Å²) < 4.78 is 4.89. The highest BCUT2D eigenvalue weighted by atomic mass is 16.5. The standard InChI is InChI=1S/C21H22O2/c1-14-13-21(2,3)18-11-10-16(20(22)23-4)12-17(18)19(14)15-8-6-5-7-9-15/h5-12H,13H2,1-4H3. The molecule has 23 heavy (non-hydrogen) atoms. The third-order valence-electron chi connectivity index (χ3n) is 4.64. The van der Waals surface area contributed by atoms with Gasteiger partial charge < -0.3 is 4.74 Å². The van der Waals surface area contributed by atoms with Crippen LogP contribution in [0.2, 0.25) is 0 Å². The number of carbonyl (C=O) groups is 1. The van der Waals surface area contributed by atoms with E-state index in [4.69, 9.17) is 4.74 Å². The summed E-state index contributed by atoms with van der Waals surface area (Å²) in [5.41, 5.74) is 6.89. The maximum atomic E-state index is 11.9. The van der Waals surface area contributed by atoms with Gasteiger partial charge in [0.2, 0.25) is 0 Å². The van der Waals surface area contributed by atoms with Crippen molar-refractivity contribution in [1.82, 2.24) is 0 Å². The van der Waals surface area contributed by atoms with Gasteiger partial charge in [-0.15, -0.1) is 0 Å². The number of allylic oxidation sites excluding steroid dienone is 1. The van der Waals surface area contributed by atoms with Gasteiger partial charge in [0.15, 0.2) is 0 Å². The fourth-order valence-electron chi connectivity index (χ4n) is 3.67. The topological polar surface area (TPSA) is 26.3 Å². The number of ether oxygens (including phenoxy) is 1. The van der Waals surface area contributed by atoms with Crippen molar-refractivity contribution in [3.8, 4) is 0 Å². The van der Waals surface area contributed by atoms with E-state index in [1.165, 1.54) is 29.4 Å². The second-order valence-electron chi connectivity index (χ2n) is 6.83. The van der Waals surface area contributed by atoms with Gasteiger partial charge >= 0.3 is 5.97 Å². The van der Waals surface area contributed by atoms with Gasteiger partial charge in [-0.05, 0) is 53.2 Å². The summed E-state index contributed by atoms with van der Waals surface area (Å²) in [5.74, 6) is -0.291. The van der Waals surface area contributed by atoms with Crippen LogP contribution in [0.15, 0.2) is 54.1 Å². The van der Waals surface area contributed by atoms with Crippen LogP contribution < -0.4 is 0 Å². The Morgan fingerprint density at radius 3 is 2.43 bits per heavy atom. The lowest BCUT2D eigenvalue weighted by Gasteiger charge is -2.35. The maximum Gasteiger partial charge on any atom is 0.337 e. The van der Waals surface area contributed by atoms with E-state index in [1.807, 2.05) is 18.2 Å². The van der Waals surface area contributed by atoms with Crippen LogP contribution in [0.3, 0.4) is 0 Å². The van der Waals surface area contributed by atoms with Crippen molar-refractivity contribution in [3.05, 3.63) is 76.4 Å². The predicted molar refractivity (Wildman–Crippen MR) is 93.6 cm³/mol. The third-order valence-corrected chi connectivity index (χ3v) is 4.64. The van der Waals surface area contributed by atoms with Crippen LogP contribution in [0.25, 0.3) is 5.57 Å². The summed E-state index contributed by atoms with van der Waals surface area (Å²) in [7, 11) is 1.42. The van der Waals surface area contributed by atoms with E-state index in [9.17, 15) is 4.79 Å². The Bertz CT molecular complexity index is 783. The van der Waals surface area contributed by atoms with Crippen molar-refractivity contribution in [2.24, 2.45) is 0 Å². The molecule has 0 atom stereocenters. The molecular weight excluding hydrogens is 284 g/mol. The highest BCUT2D eigenvalue weighted by Crippen LogP contribution is 2.45. The van der Waals surface area contributed by atoms with E-state index >= 15 is 0 Å². The van der Waals surface area contributed by atoms with Crippen molar-refractivity contribution in [1.29, 1.82) is 0 Å². The van der Waals surface area contributed by atoms with Crippen molar-refractivity contribution in [3.63, 3.8) is 0 Å². The molecular formula is C21H22O2. The van der Waals surface area contributed by atoms with E-state index in [0.717, 1.165) is 12.0 Å². The van der Waals surface area contributed by atoms with Gasteiger partial charge in [0.05, 0.1) is 12.7 Å². The zero-order chi connectivity index (χ0) is 16.6. The zero-order valence-corrected chi connectivity index (χ0v) is 14.1. The molecule has 118 valence electrons. The van der Waals surface area contributed by atoms with Gasteiger partial charge in [0.25, 0.3) is 0 Å². The second kappa shape index (κ2) is 5.69. The Morgan fingerprint density at radius 2 is 1.78 bits per heavy atom. The van der Waals surface area contributed by atoms with E-state index in [-0.39, 0.29) is 11.4 Å². The molecule has 3 rings (SSSR count). The number of hydrogen-bond acceptors (Lipinski definition) is 2. The molecule has 0 fully saturated rings. The summed E-state index contributed by atoms with van der Waals surface area (Å²) in [6, 6.07) is 16.3. The van der Waals surface area contributed by atoms with Crippen LogP contribution in [-0.4, -0.2) is 13.1 Å². The smallest absolute Gasteiger partial charge is 0.337 e. The van der Waals surface area contributed by atoms with Gasteiger partial charge in [-0.25, -0.2) is 4.79 Å². The van der Waals surface area contributed by atoms with Gasteiger partial charge in [-0.2, -0.15) is 0 Å². The molecule has 1 aliphatic rings. The lowest BCUT2D eigenvalue weighted by atomic mass is 9.69. The summed E-state index contributed by atoms with van der Waals surface area (Å²) >= 11 is 0. The summed E-state index contributed by atoms with van der Waals surface area (Å²) in [4.78, 5) is 11.9. The largest absolute Gasteiger partial charge is 0.465 e. The quantitative estimate of drug-likeness (QED) is 0.732. The zero-order valence-electron chi connectivity index (χ0n) is 14.1. The highest BCUT2D eigenvalue weighted by molar-refractivity contribution is 5.93. The SMILES string of the molecule is COC(=O)c1ccc2c(c1)C(c1ccccc1)=C(C)CC2(C)C. The molecule has 0 saturated carbocycles. The lowest BCUT2D eigenvalue weighted by Crippen LogP contribution is -2.24. The minimum absolute atomic E-state index is 0.0619. The number of hydrogen-bond donors (Lipinski definition) is 0. The fourth-order valence-corrected chi connectivity index (χ4v) is 3.67. The van der Waals surface area contributed by atoms with Crippen molar-refractivity contribution < 1.29 is 9.53 Å². The molecule has 0 aliphatic heterocycles. The Balaban J connectivity index is 2.25. The molecule has 0 heterocycles. The van der Waals surface area contributed by atoms with Crippen molar-refractivity contribution >= 4 is 11.5 Å². The molecule has 2 aromatic rings. The van der Waals surface area contributed by atoms with E-state index < -0.39 is 0 Å². The van der Waals surface area contributed by atoms with Gasteiger partial charge in [-0.1, -0.05) is 55.8 Å². The van der Waals surface area contributed by atoms with Crippen LogP contribution in [-0.2, 0) is 10.2 Å². The molecule has 0 unspecified atom stereocenters. The molecule has 0 N–H and O–H groups in total. The summed E-state index contributed by atoms with van der Waals surface area (Å²) in [6.07, 6.45) is 1.02. The van der Waals surface area contributed by atoms with Crippen LogP contribution in [0, 0.1) is 0 Å². The van der Waals surface area contributed by atoms with E-state index in [2.05, 4.69) is 51.1 Å². The van der Waals surface area contributed by atoms with Gasteiger partial charge in [0.1, 0.15) is 0 Å². The highest BCUT2D eigenvalue weighted by Gasteiger charge is 2.32. The lowest BCUT2D eigenvalue weighted by molar-refractivity contribution is 0.0600. The first kappa shape index (κ1) is 15.5. The molecule has 1 aliphatic carbocycles. The minimum Gasteiger partial charge on any atom is -0.465 e. The number of fused-ring (bicyclic) bond motifs is 1. The average molecular weight is 306 g/mol. The first-order valence-corrected chi connectivity index (χ1v) is 7.92. The summed E-state index contributed by atoms with van der Waals surface area (Å²) in [6.45, 7) is 6.71. The molecule has 0 saturated heterocycles. The molecule has 0 radical (unpaired) electrons. The first-order chi connectivity index (χ1) is 10.9. The van der Waals surface area contributed by atoms with Crippen molar-refractivity contribution in [2.75, 3.05) is 7.11 Å². The number of benzene rings is 2. The Hall–Kier alpha value is -2.35. The van der Waals surface area contributed by atoms with E-state index in [0.29, 0.717) is 5.56 Å². The van der Waals surface area contributed by atoms with Gasteiger partial charge in [-0.3, -0.25) is 0 Å². The first-order valence-electron chi connectivity index (χ1n) is 7.92. The molecule has 0 spiro atoms. The number of carbonyl (C=O) groups excluding carboxylic acids is 1. The van der Waals surface area contributed by atoms with Crippen LogP contribution in [0.4, 0.5) is 0 Å². The van der Waals surface area contributed by atoms with E-state index in [1.54, 1.807) is 0 Å². The molecule has 2 nitrogen and oxygen atoms in total. The van der Waals surface area contributed by atoms with Crippen LogP contribution in [0.1, 0.15) is 54.2 Å². The second-order valence-corrected chi connectivity index (χ2v) is 6.83. The molecule has 2 aromatic carbocycles. The monoisotopic (exact) mass is 306 g/mol. The predicted octanol–water partition coefficient (Wildman–Crippen LogP) is 4.98. The van der Waals surface area contributed by atoms with Crippen LogP contribution in [0.5, 0.6) is 0 Å². The summed E-state index contributed by atoms with van der Waals surface area (Å²) in [5, 5.41) is 0. The normalized spacial score (nSPS) is 16.0. The Kier molecular flexibility index (Phi) is 3.85. The fraction of sp³-hybridized carbons (Fsp3) is 0.286. The molecule has 2 heteroatoms. The number of esters is 1. The average Bonchev–Trinajstić information content (AvgIpc) is 2.54. The molecule has 0 bridgehead atoms. The number of methoxy groups -OCH3 is 1. The van der Waals surface area contributed by atoms with Crippen molar-refractivity contribution in [2.45, 2.75) is 32.6 Å². The third kappa shape index (κ3) is 2.70. The van der Waals surface area contributed by atoms with Gasteiger partial charge in [0, 0.05) is 0 Å². The maximum absolute atomic E-state index is 11.9. The minimum atomic E-state index is -0.291. The Labute approximate surface area is 137 Å². The number of rotatable bonds is 2.